The summed E-state index contributed by atoms with van der Waals surface area (Å²) in [6.45, 7) is 5.71. The Balaban J connectivity index is 1.46. The van der Waals surface area contributed by atoms with Crippen LogP contribution < -0.4 is 10.2 Å². The van der Waals surface area contributed by atoms with E-state index >= 15 is 0 Å². The lowest BCUT2D eigenvalue weighted by Gasteiger charge is -2.36. The molecule has 0 aromatic carbocycles. The zero-order valence-electron chi connectivity index (χ0n) is 14.9. The van der Waals surface area contributed by atoms with Gasteiger partial charge in [0.25, 0.3) is 5.91 Å². The van der Waals surface area contributed by atoms with Crippen molar-refractivity contribution in [2.75, 3.05) is 23.3 Å². The number of nitrogens with one attached hydrogen (secondary N) is 1. The molecule has 0 saturated carbocycles. The average Bonchev–Trinajstić information content (AvgIpc) is 3.33. The summed E-state index contributed by atoms with van der Waals surface area (Å²) in [4.78, 5) is 19.8. The van der Waals surface area contributed by atoms with Crippen LogP contribution in [-0.2, 0) is 4.74 Å². The first kappa shape index (κ1) is 17.6. The minimum absolute atomic E-state index is 0.165. The topological polar surface area (TPSA) is 98.1 Å². The fourth-order valence-electron chi connectivity index (χ4n) is 3.12. The van der Waals surface area contributed by atoms with E-state index in [2.05, 4.69) is 44.6 Å². The van der Waals surface area contributed by atoms with Crippen molar-refractivity contribution in [2.45, 2.75) is 26.1 Å². The van der Waals surface area contributed by atoms with Gasteiger partial charge < -0.3 is 15.0 Å². The highest BCUT2D eigenvalue weighted by atomic mass is 32.1. The number of ether oxygens (including phenoxy) is 1. The maximum Gasteiger partial charge on any atom is 0.268 e. The van der Waals surface area contributed by atoms with Gasteiger partial charge in [-0.1, -0.05) is 0 Å². The van der Waals surface area contributed by atoms with Gasteiger partial charge in [-0.15, -0.1) is 16.4 Å². The Hall–Kier alpha value is -2.85. The number of carbonyl (C=O) groups is 1. The third kappa shape index (κ3) is 3.81. The number of tetrazole rings is 1. The average molecular weight is 385 g/mol. The first-order valence-electron chi connectivity index (χ1n) is 8.59. The molecule has 1 aliphatic heterocycles. The zero-order chi connectivity index (χ0) is 18.8. The lowest BCUT2D eigenvalue weighted by molar-refractivity contribution is -0.00545. The minimum atomic E-state index is -0.223. The quantitative estimate of drug-likeness (QED) is 0.733. The normalized spacial score (nSPS) is 19.9. The van der Waals surface area contributed by atoms with Crippen molar-refractivity contribution in [3.63, 3.8) is 0 Å². The van der Waals surface area contributed by atoms with E-state index in [4.69, 9.17) is 4.74 Å². The molecule has 4 rings (SSSR count). The van der Waals surface area contributed by atoms with E-state index in [0.29, 0.717) is 16.3 Å². The number of hydrogen-bond acceptors (Lipinski definition) is 8. The standard InChI is InChI=1S/C17H19N7O2S/c1-11-8-23(9-12(2)26-11)15-4-3-13(7-18-15)20-17(25)16-14(5-6-27-16)24-10-19-21-22-24/h3-7,10-12H,8-9H2,1-2H3,(H,20,25). The van der Waals surface area contributed by atoms with Crippen LogP contribution >= 0.6 is 11.3 Å². The van der Waals surface area contributed by atoms with Crippen LogP contribution in [0.1, 0.15) is 23.5 Å². The molecule has 10 heteroatoms. The SMILES string of the molecule is CC1CN(c2ccc(NC(=O)c3sccc3-n3cnnn3)cn2)CC(C)O1. The van der Waals surface area contributed by atoms with Gasteiger partial charge in [-0.3, -0.25) is 4.79 Å². The van der Waals surface area contributed by atoms with Crippen molar-refractivity contribution in [3.8, 4) is 5.69 Å². The second-order valence-electron chi connectivity index (χ2n) is 6.41. The van der Waals surface area contributed by atoms with E-state index in [1.54, 1.807) is 12.3 Å². The van der Waals surface area contributed by atoms with Crippen molar-refractivity contribution in [3.05, 3.63) is 41.0 Å². The molecular weight excluding hydrogens is 366 g/mol. The lowest BCUT2D eigenvalue weighted by Crippen LogP contribution is -2.45. The maximum atomic E-state index is 12.6. The highest BCUT2D eigenvalue weighted by Crippen LogP contribution is 2.23. The largest absolute Gasteiger partial charge is 0.372 e. The van der Waals surface area contributed by atoms with Gasteiger partial charge in [0.2, 0.25) is 0 Å². The number of carbonyl (C=O) groups excluding carboxylic acids is 1. The molecule has 1 N–H and O–H groups in total. The van der Waals surface area contributed by atoms with Crippen LogP contribution in [0.5, 0.6) is 0 Å². The Morgan fingerprint density at radius 2 is 2.07 bits per heavy atom. The number of rotatable bonds is 4. The molecule has 0 aliphatic carbocycles. The molecule has 1 aliphatic rings. The van der Waals surface area contributed by atoms with Gasteiger partial charge in [0.15, 0.2) is 0 Å². The molecule has 4 heterocycles. The van der Waals surface area contributed by atoms with Crippen molar-refractivity contribution in [2.24, 2.45) is 0 Å². The smallest absolute Gasteiger partial charge is 0.268 e. The fourth-order valence-corrected chi connectivity index (χ4v) is 3.90. The van der Waals surface area contributed by atoms with Crippen LogP contribution in [0.2, 0.25) is 0 Å². The Kier molecular flexibility index (Phi) is 4.82. The zero-order valence-corrected chi connectivity index (χ0v) is 15.8. The monoisotopic (exact) mass is 385 g/mol. The fraction of sp³-hybridized carbons (Fsp3) is 0.353. The molecule has 1 amide bonds. The van der Waals surface area contributed by atoms with E-state index < -0.39 is 0 Å². The number of nitrogens with zero attached hydrogens (tertiary/aromatic N) is 6. The summed E-state index contributed by atoms with van der Waals surface area (Å²) < 4.78 is 7.22. The summed E-state index contributed by atoms with van der Waals surface area (Å²) >= 11 is 1.33. The molecule has 1 saturated heterocycles. The van der Waals surface area contributed by atoms with Crippen LogP contribution in [0.25, 0.3) is 5.69 Å². The summed E-state index contributed by atoms with van der Waals surface area (Å²) in [5, 5.41) is 15.8. The van der Waals surface area contributed by atoms with Gasteiger partial charge in [0, 0.05) is 13.1 Å². The second kappa shape index (κ2) is 7.41. The van der Waals surface area contributed by atoms with E-state index in [9.17, 15) is 4.79 Å². The summed E-state index contributed by atoms with van der Waals surface area (Å²) in [5.74, 6) is 0.652. The van der Waals surface area contributed by atoms with Crippen LogP contribution in [0.15, 0.2) is 36.1 Å². The van der Waals surface area contributed by atoms with Crippen molar-refractivity contribution in [1.29, 1.82) is 0 Å². The Morgan fingerprint density at radius 3 is 2.74 bits per heavy atom. The van der Waals surface area contributed by atoms with E-state index in [0.717, 1.165) is 18.9 Å². The van der Waals surface area contributed by atoms with Crippen molar-refractivity contribution in [1.82, 2.24) is 25.2 Å². The molecule has 140 valence electrons. The van der Waals surface area contributed by atoms with Gasteiger partial charge in [0.05, 0.1) is 29.8 Å². The summed E-state index contributed by atoms with van der Waals surface area (Å²) in [5.41, 5.74) is 1.28. The number of amides is 1. The van der Waals surface area contributed by atoms with E-state index in [1.165, 1.54) is 22.3 Å². The number of pyridine rings is 1. The Morgan fingerprint density at radius 1 is 1.26 bits per heavy atom. The molecule has 27 heavy (non-hydrogen) atoms. The predicted octanol–water partition coefficient (Wildman–Crippen LogP) is 1.98. The minimum Gasteiger partial charge on any atom is -0.372 e. The van der Waals surface area contributed by atoms with Crippen LogP contribution in [0, 0.1) is 0 Å². The molecular formula is C17H19N7O2S. The number of hydrogen-bond donors (Lipinski definition) is 1. The first-order valence-corrected chi connectivity index (χ1v) is 9.47. The van der Waals surface area contributed by atoms with Gasteiger partial charge in [-0.2, -0.15) is 4.68 Å². The van der Waals surface area contributed by atoms with Crippen LogP contribution in [0.3, 0.4) is 0 Å². The van der Waals surface area contributed by atoms with Gasteiger partial charge in [-0.25, -0.2) is 4.98 Å². The lowest BCUT2D eigenvalue weighted by atomic mass is 10.2. The first-order chi connectivity index (χ1) is 13.1. The number of anilines is 2. The van der Waals surface area contributed by atoms with Crippen molar-refractivity contribution >= 4 is 28.7 Å². The molecule has 1 fully saturated rings. The summed E-state index contributed by atoms with van der Waals surface area (Å²) in [6.07, 6.45) is 3.46. The summed E-state index contributed by atoms with van der Waals surface area (Å²) in [6, 6.07) is 5.57. The molecule has 2 atom stereocenters. The molecule has 3 aromatic heterocycles. The molecule has 2 unspecified atom stereocenters. The summed E-state index contributed by atoms with van der Waals surface area (Å²) in [7, 11) is 0. The Bertz CT molecular complexity index is 900. The predicted molar refractivity (Wildman–Crippen MR) is 101 cm³/mol. The Labute approximate surface area is 160 Å². The van der Waals surface area contributed by atoms with Crippen LogP contribution in [-0.4, -0.2) is 56.4 Å². The van der Waals surface area contributed by atoms with Crippen molar-refractivity contribution < 1.29 is 9.53 Å². The maximum absolute atomic E-state index is 12.6. The van der Waals surface area contributed by atoms with E-state index in [1.807, 2.05) is 17.5 Å². The molecule has 0 radical (unpaired) electrons. The molecule has 0 spiro atoms. The highest BCUT2D eigenvalue weighted by Gasteiger charge is 2.23. The number of aromatic nitrogens is 5. The van der Waals surface area contributed by atoms with E-state index in [-0.39, 0.29) is 18.1 Å². The highest BCUT2D eigenvalue weighted by molar-refractivity contribution is 7.12. The van der Waals surface area contributed by atoms with Crippen LogP contribution in [0.4, 0.5) is 11.5 Å². The number of thiophene rings is 1. The molecule has 0 bridgehead atoms. The molecule has 3 aromatic rings. The third-order valence-electron chi connectivity index (χ3n) is 4.20. The molecule has 9 nitrogen and oxygen atoms in total. The van der Waals surface area contributed by atoms with Gasteiger partial charge in [0.1, 0.15) is 17.0 Å². The second-order valence-corrected chi connectivity index (χ2v) is 7.33. The van der Waals surface area contributed by atoms with Gasteiger partial charge in [-0.05, 0) is 47.9 Å². The van der Waals surface area contributed by atoms with Gasteiger partial charge >= 0.3 is 0 Å². The number of morpholine rings is 1. The third-order valence-corrected chi connectivity index (χ3v) is 5.10.